The molecule has 0 radical (unpaired) electrons. The van der Waals surface area contributed by atoms with Crippen molar-refractivity contribution in [2.24, 2.45) is 0 Å². The zero-order chi connectivity index (χ0) is 25.9. The van der Waals surface area contributed by atoms with Crippen LogP contribution in [0.3, 0.4) is 0 Å². The topological polar surface area (TPSA) is 74.1 Å². The van der Waals surface area contributed by atoms with E-state index >= 15 is 0 Å². The molecule has 2 aromatic carbocycles. The largest absolute Gasteiger partial charge is 0.872 e. The summed E-state index contributed by atoms with van der Waals surface area (Å²) in [7, 11) is 4.10. The van der Waals surface area contributed by atoms with Gasteiger partial charge in [-0.15, -0.1) is 0 Å². The Kier molecular flexibility index (Phi) is 8.06. The third-order valence-electron chi connectivity index (χ3n) is 6.19. The third kappa shape index (κ3) is 6.12. The van der Waals surface area contributed by atoms with Crippen molar-refractivity contribution in [3.8, 4) is 5.75 Å². The lowest BCUT2D eigenvalue weighted by Gasteiger charge is -2.28. The highest BCUT2D eigenvalue weighted by Gasteiger charge is 2.44. The van der Waals surface area contributed by atoms with E-state index in [0.717, 1.165) is 24.1 Å². The summed E-state index contributed by atoms with van der Waals surface area (Å²) in [5, 5.41) is 13.6. The second-order valence-corrected chi connectivity index (χ2v) is 10.8. The number of ketones is 1. The van der Waals surface area contributed by atoms with Crippen LogP contribution >= 0.6 is 0 Å². The van der Waals surface area contributed by atoms with Gasteiger partial charge in [0.15, 0.2) is 0 Å². The van der Waals surface area contributed by atoms with E-state index in [-0.39, 0.29) is 17.1 Å². The minimum absolute atomic E-state index is 0.0120. The lowest BCUT2D eigenvalue weighted by atomic mass is 9.85. The summed E-state index contributed by atoms with van der Waals surface area (Å²) in [6.07, 6.45) is 0.749. The van der Waals surface area contributed by atoms with Gasteiger partial charge in [-0.3, -0.25) is 9.59 Å². The number of nitrogens with one attached hydrogen (secondary N) is 1. The fraction of sp³-hybridized carbons (Fsp3) is 0.448. The fourth-order valence-corrected chi connectivity index (χ4v) is 4.33. The number of carbonyl (C=O) groups is 2. The van der Waals surface area contributed by atoms with Gasteiger partial charge in [0.1, 0.15) is 5.75 Å². The molecule has 0 bridgehead atoms. The Labute approximate surface area is 209 Å². The summed E-state index contributed by atoms with van der Waals surface area (Å²) in [5.41, 5.74) is 2.28. The van der Waals surface area contributed by atoms with Crippen LogP contribution in [0.25, 0.3) is 5.76 Å². The second kappa shape index (κ2) is 10.6. The van der Waals surface area contributed by atoms with Gasteiger partial charge in [-0.25, -0.2) is 0 Å². The number of nitrogens with zero attached hydrogens (tertiary/aromatic N) is 1. The van der Waals surface area contributed by atoms with Gasteiger partial charge in [0.05, 0.1) is 32.8 Å². The van der Waals surface area contributed by atoms with E-state index in [1.54, 1.807) is 29.2 Å². The number of rotatable bonds is 8. The first-order valence-corrected chi connectivity index (χ1v) is 12.3. The maximum atomic E-state index is 13.6. The van der Waals surface area contributed by atoms with Gasteiger partial charge < -0.3 is 19.6 Å². The van der Waals surface area contributed by atoms with Crippen molar-refractivity contribution in [1.82, 2.24) is 4.90 Å². The molecule has 0 saturated carbocycles. The Balaban J connectivity index is 2.06. The molecule has 0 aromatic heterocycles. The minimum Gasteiger partial charge on any atom is -0.872 e. The molecule has 6 heteroatoms. The molecule has 1 atom stereocenters. The Morgan fingerprint density at radius 3 is 2.14 bits per heavy atom. The SMILES string of the molecule is CC(C)Oc1ccc(/C([O-])=C2\C(=O)C(=O)N(CCC[NH+](C)C)C2c2ccc(C(C)(C)C)cc2)cc1. The molecule has 35 heavy (non-hydrogen) atoms. The average molecular weight is 479 g/mol. The summed E-state index contributed by atoms with van der Waals surface area (Å²) >= 11 is 0. The van der Waals surface area contributed by atoms with E-state index in [4.69, 9.17) is 4.74 Å². The molecule has 0 aliphatic carbocycles. The third-order valence-corrected chi connectivity index (χ3v) is 6.19. The number of carbonyl (C=O) groups excluding carboxylic acids is 2. The predicted octanol–water partition coefficient (Wildman–Crippen LogP) is 2.53. The van der Waals surface area contributed by atoms with Crippen LogP contribution < -0.4 is 14.7 Å². The van der Waals surface area contributed by atoms with Crippen molar-refractivity contribution in [3.05, 3.63) is 70.8 Å². The number of quaternary nitrogens is 1. The monoisotopic (exact) mass is 478 g/mol. The molecule has 1 saturated heterocycles. The highest BCUT2D eigenvalue weighted by molar-refractivity contribution is 6.46. The van der Waals surface area contributed by atoms with E-state index in [2.05, 4.69) is 20.8 Å². The first kappa shape index (κ1) is 26.5. The van der Waals surface area contributed by atoms with Crippen molar-refractivity contribution in [1.29, 1.82) is 0 Å². The van der Waals surface area contributed by atoms with Gasteiger partial charge in [0.25, 0.3) is 5.91 Å². The fourth-order valence-electron chi connectivity index (χ4n) is 4.33. The van der Waals surface area contributed by atoms with Gasteiger partial charge in [0.2, 0.25) is 5.78 Å². The molecule has 1 unspecified atom stereocenters. The highest BCUT2D eigenvalue weighted by Crippen LogP contribution is 2.39. The Bertz CT molecular complexity index is 1080. The van der Waals surface area contributed by atoms with Crippen LogP contribution in [-0.4, -0.2) is 49.9 Å². The van der Waals surface area contributed by atoms with Gasteiger partial charge in [0, 0.05) is 18.5 Å². The normalized spacial score (nSPS) is 18.1. The molecule has 2 aromatic rings. The zero-order valence-corrected chi connectivity index (χ0v) is 22.0. The van der Waals surface area contributed by atoms with Crippen LogP contribution in [0, 0.1) is 0 Å². The second-order valence-electron chi connectivity index (χ2n) is 10.8. The van der Waals surface area contributed by atoms with Gasteiger partial charge in [-0.05, 0) is 48.1 Å². The number of amides is 1. The van der Waals surface area contributed by atoms with Crippen molar-refractivity contribution in [3.63, 3.8) is 0 Å². The molecule has 1 amide bonds. The minimum atomic E-state index is -0.709. The van der Waals surface area contributed by atoms with Crippen LogP contribution in [0.1, 0.15) is 63.8 Å². The van der Waals surface area contributed by atoms with E-state index < -0.39 is 23.5 Å². The molecular formula is C29H38N2O4. The molecule has 1 N–H and O–H groups in total. The molecular weight excluding hydrogens is 440 g/mol. The molecule has 1 heterocycles. The molecule has 188 valence electrons. The average Bonchev–Trinajstić information content (AvgIpc) is 3.03. The summed E-state index contributed by atoms with van der Waals surface area (Å²) < 4.78 is 5.67. The number of likely N-dealkylation sites (tertiary alicyclic amines) is 1. The number of Topliss-reactive ketones (excluding diaryl/α,β-unsaturated/α-hetero) is 1. The van der Waals surface area contributed by atoms with Crippen molar-refractivity contribution in [2.75, 3.05) is 27.2 Å². The molecule has 6 nitrogen and oxygen atoms in total. The summed E-state index contributed by atoms with van der Waals surface area (Å²) in [5.74, 6) is -1.08. The summed E-state index contributed by atoms with van der Waals surface area (Å²) in [6.45, 7) is 11.5. The van der Waals surface area contributed by atoms with Gasteiger partial charge in [-0.2, -0.15) is 0 Å². The molecule has 1 aliphatic rings. The first-order chi connectivity index (χ1) is 16.4. The van der Waals surface area contributed by atoms with Crippen LogP contribution in [0.4, 0.5) is 0 Å². The standard InChI is InChI=1S/C29H38N2O4/c1-19(2)35-23-15-11-21(12-16-23)26(32)24-25(20-9-13-22(14-10-20)29(3,4)5)31(28(34)27(24)33)18-8-17-30(6)7/h9-16,19,25,32H,8,17-18H2,1-7H3/b26-24+. The first-order valence-electron chi connectivity index (χ1n) is 12.3. The lowest BCUT2D eigenvalue weighted by Crippen LogP contribution is -3.05. The highest BCUT2D eigenvalue weighted by atomic mass is 16.5. The Morgan fingerprint density at radius 2 is 1.63 bits per heavy atom. The van der Waals surface area contributed by atoms with E-state index in [1.807, 2.05) is 52.2 Å². The van der Waals surface area contributed by atoms with Crippen LogP contribution in [0.2, 0.25) is 0 Å². The van der Waals surface area contributed by atoms with Crippen LogP contribution in [0.5, 0.6) is 5.75 Å². The maximum absolute atomic E-state index is 13.6. The summed E-state index contributed by atoms with van der Waals surface area (Å²) in [6, 6.07) is 14.0. The van der Waals surface area contributed by atoms with Gasteiger partial charge >= 0.3 is 0 Å². The Morgan fingerprint density at radius 1 is 1.03 bits per heavy atom. The molecule has 1 fully saturated rings. The maximum Gasteiger partial charge on any atom is 0.295 e. The van der Waals surface area contributed by atoms with Crippen LogP contribution in [0.15, 0.2) is 54.1 Å². The van der Waals surface area contributed by atoms with Crippen LogP contribution in [-0.2, 0) is 15.0 Å². The number of ether oxygens (including phenoxy) is 1. The molecule has 1 aliphatic heterocycles. The lowest BCUT2D eigenvalue weighted by molar-refractivity contribution is -0.858. The predicted molar refractivity (Wildman–Crippen MR) is 136 cm³/mol. The number of hydrogen-bond donors (Lipinski definition) is 1. The van der Waals surface area contributed by atoms with Gasteiger partial charge in [-0.1, -0.05) is 62.9 Å². The smallest absolute Gasteiger partial charge is 0.295 e. The van der Waals surface area contributed by atoms with Crippen molar-refractivity contribution < 1.29 is 24.3 Å². The van der Waals surface area contributed by atoms with E-state index in [9.17, 15) is 14.7 Å². The number of hydrogen-bond acceptors (Lipinski definition) is 4. The van der Waals surface area contributed by atoms with E-state index in [1.165, 1.54) is 4.90 Å². The van der Waals surface area contributed by atoms with Crippen molar-refractivity contribution in [2.45, 2.75) is 58.6 Å². The molecule has 3 rings (SSSR count). The number of benzene rings is 2. The van der Waals surface area contributed by atoms with E-state index in [0.29, 0.717) is 17.9 Å². The zero-order valence-electron chi connectivity index (χ0n) is 22.0. The quantitative estimate of drug-likeness (QED) is 0.360. The van der Waals surface area contributed by atoms with Crippen molar-refractivity contribution >= 4 is 17.4 Å². The molecule has 0 spiro atoms. The summed E-state index contributed by atoms with van der Waals surface area (Å²) in [4.78, 5) is 29.1. The Hall–Kier alpha value is -3.12.